The Morgan fingerprint density at radius 2 is 1.57 bits per heavy atom. The number of hydrogen-bond acceptors (Lipinski definition) is 0. The molecule has 1 aromatic rings. The molecular formula is C12H21OSn. The number of rotatable bonds is 2. The van der Waals surface area contributed by atoms with Crippen molar-refractivity contribution in [3.8, 4) is 0 Å². The molecule has 0 spiro atoms. The van der Waals surface area contributed by atoms with Crippen molar-refractivity contribution >= 4 is 23.3 Å². The van der Waals surface area contributed by atoms with Crippen LogP contribution in [-0.2, 0) is 0 Å². The van der Waals surface area contributed by atoms with Crippen LogP contribution in [0.4, 0.5) is 0 Å². The first-order chi connectivity index (χ1) is 6.05. The predicted molar refractivity (Wildman–Crippen MR) is 65.6 cm³/mol. The zero-order valence-corrected chi connectivity index (χ0v) is 12.4. The first kappa shape index (κ1) is 14.0. The molecule has 2 N–H and O–H groups in total. The van der Waals surface area contributed by atoms with Gasteiger partial charge in [0.15, 0.2) is 0 Å². The molecule has 79 valence electrons. The Hall–Kier alpha value is -0.0213. The normalized spacial score (nSPS) is 11.2. The van der Waals surface area contributed by atoms with E-state index in [0.29, 0.717) is 3.43 Å². The maximum absolute atomic E-state index is 2.40. The van der Waals surface area contributed by atoms with Crippen LogP contribution in [0.2, 0.25) is 7.87 Å². The fourth-order valence-corrected chi connectivity index (χ4v) is 10.2. The fourth-order valence-electron chi connectivity index (χ4n) is 1.81. The molecule has 0 amide bonds. The molecule has 0 aliphatic rings. The van der Waals surface area contributed by atoms with Crippen molar-refractivity contribution in [2.24, 2.45) is 0 Å². The summed E-state index contributed by atoms with van der Waals surface area (Å²) in [5, 5.41) is 0. The van der Waals surface area contributed by atoms with Crippen LogP contribution in [-0.4, -0.2) is 25.2 Å². The summed E-state index contributed by atoms with van der Waals surface area (Å²) in [7, 11) is 0. The van der Waals surface area contributed by atoms with Crippen LogP contribution in [0.15, 0.2) is 30.3 Å². The zero-order chi connectivity index (χ0) is 9.90. The molecule has 2 heteroatoms. The van der Waals surface area contributed by atoms with E-state index in [-0.39, 0.29) is 5.48 Å². The first-order valence-corrected chi connectivity index (χ1v) is 9.84. The summed E-state index contributed by atoms with van der Waals surface area (Å²) in [5.74, 6) is 0. The molecule has 1 nitrogen and oxygen atoms in total. The van der Waals surface area contributed by atoms with Crippen LogP contribution in [0.5, 0.6) is 0 Å². The smallest absolute Gasteiger partial charge is 0.412 e. The molecule has 0 aliphatic carbocycles. The van der Waals surface area contributed by atoms with E-state index in [1.165, 1.54) is 4.44 Å². The minimum Gasteiger partial charge on any atom is -0.412 e. The summed E-state index contributed by atoms with van der Waals surface area (Å²) in [6.07, 6.45) is 0. The molecule has 0 heterocycles. The second-order valence-electron chi connectivity index (χ2n) is 4.45. The van der Waals surface area contributed by atoms with Crippen molar-refractivity contribution < 1.29 is 5.48 Å². The summed E-state index contributed by atoms with van der Waals surface area (Å²) in [5.41, 5.74) is 0. The topological polar surface area (TPSA) is 31.5 Å². The van der Waals surface area contributed by atoms with E-state index < -0.39 is 19.8 Å². The molecule has 0 aliphatic heterocycles. The molecule has 0 aromatic heterocycles. The third-order valence-corrected chi connectivity index (χ3v) is 12.5. The molecule has 0 atom stereocenters. The van der Waals surface area contributed by atoms with E-state index >= 15 is 0 Å². The standard InChI is InChI=1S/C6H5.C4H9.C2H5.H2O.Sn/c1-2-4-6-5-3-1;1-4(2)3;1-2;;/h1-5H;1-3H3;1H2,2H3;1H2;. The van der Waals surface area contributed by atoms with Crippen molar-refractivity contribution in [3.05, 3.63) is 30.3 Å². The van der Waals surface area contributed by atoms with Gasteiger partial charge in [-0.25, -0.2) is 0 Å². The quantitative estimate of drug-likeness (QED) is 0.751. The van der Waals surface area contributed by atoms with E-state index in [4.69, 9.17) is 0 Å². The van der Waals surface area contributed by atoms with Crippen molar-refractivity contribution in [2.45, 2.75) is 35.6 Å². The van der Waals surface area contributed by atoms with Gasteiger partial charge in [0.25, 0.3) is 0 Å². The summed E-state index contributed by atoms with van der Waals surface area (Å²) in [6, 6.07) is 11.1. The molecule has 1 rings (SSSR count). The number of hydrogen-bond donors (Lipinski definition) is 0. The first-order valence-electron chi connectivity index (χ1n) is 4.97. The van der Waals surface area contributed by atoms with Crippen LogP contribution in [0.1, 0.15) is 27.7 Å². The minimum absolute atomic E-state index is 0. The summed E-state index contributed by atoms with van der Waals surface area (Å²) in [4.78, 5) is 0. The monoisotopic (exact) mass is 301 g/mol. The van der Waals surface area contributed by atoms with E-state index in [9.17, 15) is 0 Å². The van der Waals surface area contributed by atoms with E-state index in [2.05, 4.69) is 58.0 Å². The predicted octanol–water partition coefficient (Wildman–Crippen LogP) is 2.38. The summed E-state index contributed by atoms with van der Waals surface area (Å²) >= 11 is -1.36. The third kappa shape index (κ3) is 3.62. The molecule has 0 saturated heterocycles. The molecule has 1 radical (unpaired) electrons. The second kappa shape index (κ2) is 5.76. The van der Waals surface area contributed by atoms with Crippen LogP contribution in [0, 0.1) is 0 Å². The largest absolute Gasteiger partial charge is 0.412 e. The molecule has 0 saturated carbocycles. The Morgan fingerprint density at radius 3 is 1.93 bits per heavy atom. The Kier molecular flexibility index (Phi) is 5.75. The van der Waals surface area contributed by atoms with E-state index in [0.717, 1.165) is 0 Å². The molecule has 1 aromatic carbocycles. The molecule has 0 unspecified atom stereocenters. The fraction of sp³-hybridized carbons (Fsp3) is 0.500. The van der Waals surface area contributed by atoms with E-state index in [1.54, 1.807) is 3.58 Å². The Morgan fingerprint density at radius 1 is 1.07 bits per heavy atom. The van der Waals surface area contributed by atoms with Crippen LogP contribution in [0.3, 0.4) is 0 Å². The Balaban J connectivity index is 0.00000169. The van der Waals surface area contributed by atoms with Crippen LogP contribution >= 0.6 is 0 Å². The Bertz CT molecular complexity index is 251. The van der Waals surface area contributed by atoms with Crippen LogP contribution < -0.4 is 3.58 Å². The average molecular weight is 300 g/mol. The Labute approximate surface area is 94.6 Å². The number of benzene rings is 1. The van der Waals surface area contributed by atoms with Crippen molar-refractivity contribution in [3.63, 3.8) is 0 Å². The van der Waals surface area contributed by atoms with Gasteiger partial charge in [-0.05, 0) is 0 Å². The van der Waals surface area contributed by atoms with E-state index in [1.807, 2.05) is 0 Å². The summed E-state index contributed by atoms with van der Waals surface area (Å²) in [6.45, 7) is 9.56. The minimum atomic E-state index is -1.36. The van der Waals surface area contributed by atoms with Gasteiger partial charge in [-0.3, -0.25) is 0 Å². The van der Waals surface area contributed by atoms with Gasteiger partial charge in [-0.1, -0.05) is 0 Å². The maximum atomic E-state index is 2.40. The second-order valence-corrected chi connectivity index (χ2v) is 15.1. The van der Waals surface area contributed by atoms with Crippen LogP contribution in [0.25, 0.3) is 0 Å². The molecule has 0 fully saturated rings. The van der Waals surface area contributed by atoms with Gasteiger partial charge in [0.05, 0.1) is 0 Å². The zero-order valence-electron chi connectivity index (χ0n) is 9.59. The summed E-state index contributed by atoms with van der Waals surface area (Å²) < 4.78 is 3.65. The van der Waals surface area contributed by atoms with Gasteiger partial charge in [-0.15, -0.1) is 0 Å². The van der Waals surface area contributed by atoms with Gasteiger partial charge in [0.2, 0.25) is 0 Å². The molecule has 0 bridgehead atoms. The van der Waals surface area contributed by atoms with Gasteiger partial charge in [0.1, 0.15) is 0 Å². The van der Waals surface area contributed by atoms with Gasteiger partial charge in [0, 0.05) is 0 Å². The average Bonchev–Trinajstić information content (AvgIpc) is 2.05. The van der Waals surface area contributed by atoms with Crippen molar-refractivity contribution in [1.82, 2.24) is 0 Å². The van der Waals surface area contributed by atoms with Gasteiger partial charge >= 0.3 is 89.2 Å². The third-order valence-electron chi connectivity index (χ3n) is 2.38. The van der Waals surface area contributed by atoms with Gasteiger partial charge in [-0.2, -0.15) is 0 Å². The molecular weight excluding hydrogens is 279 g/mol. The molecule has 14 heavy (non-hydrogen) atoms. The van der Waals surface area contributed by atoms with Gasteiger partial charge < -0.3 is 5.48 Å². The van der Waals surface area contributed by atoms with Crippen molar-refractivity contribution in [2.75, 3.05) is 0 Å². The maximum Gasteiger partial charge on any atom is -0.412 e. The van der Waals surface area contributed by atoms with Crippen molar-refractivity contribution in [1.29, 1.82) is 0 Å². The SMILES string of the molecule is C[CH2][Sn]([c]1ccccc1)[C](C)(C)C.O.